The molecule has 0 radical (unpaired) electrons. The van der Waals surface area contributed by atoms with Crippen LogP contribution in [0.4, 0.5) is 0 Å². The summed E-state index contributed by atoms with van der Waals surface area (Å²) in [6.45, 7) is -0.480. The number of hydrogen-bond donors (Lipinski definition) is 4. The van der Waals surface area contributed by atoms with E-state index in [4.69, 9.17) is 5.11 Å². The van der Waals surface area contributed by atoms with Crippen molar-refractivity contribution >= 4 is 11.0 Å². The van der Waals surface area contributed by atoms with Gasteiger partial charge >= 0.3 is 0 Å². The van der Waals surface area contributed by atoms with E-state index in [1.165, 1.54) is 6.20 Å². The van der Waals surface area contributed by atoms with Gasteiger partial charge in [0.15, 0.2) is 0 Å². The molecule has 0 bridgehead atoms. The summed E-state index contributed by atoms with van der Waals surface area (Å²) in [5.41, 5.74) is 1.22. The number of aromatic amines is 1. The predicted octanol–water partition coefficient (Wildman–Crippen LogP) is -0.0505. The van der Waals surface area contributed by atoms with Crippen molar-refractivity contribution in [2.45, 2.75) is 12.2 Å². The fourth-order valence-electron chi connectivity index (χ4n) is 1.44. The van der Waals surface area contributed by atoms with Crippen LogP contribution >= 0.6 is 0 Å². The van der Waals surface area contributed by atoms with Gasteiger partial charge < -0.3 is 20.3 Å². The number of aliphatic hydroxyl groups is 3. The molecule has 5 heteroatoms. The van der Waals surface area contributed by atoms with Crippen molar-refractivity contribution in [3.8, 4) is 0 Å². The topological polar surface area (TPSA) is 89.4 Å². The Bertz CT molecular complexity index is 455. The molecule has 2 aromatic rings. The van der Waals surface area contributed by atoms with Crippen LogP contribution in [0.3, 0.4) is 0 Å². The van der Waals surface area contributed by atoms with Crippen molar-refractivity contribution in [3.05, 3.63) is 30.1 Å². The highest BCUT2D eigenvalue weighted by Gasteiger charge is 2.17. The molecule has 2 aromatic heterocycles. The largest absolute Gasteiger partial charge is 0.394 e. The lowest BCUT2D eigenvalue weighted by Crippen LogP contribution is -2.22. The third-order valence-corrected chi connectivity index (χ3v) is 2.31. The Morgan fingerprint density at radius 1 is 1.40 bits per heavy atom. The van der Waals surface area contributed by atoms with Gasteiger partial charge in [-0.05, 0) is 12.1 Å². The molecule has 0 fully saturated rings. The smallest absolute Gasteiger partial charge is 0.137 e. The molecule has 4 N–H and O–H groups in total. The van der Waals surface area contributed by atoms with E-state index in [2.05, 4.69) is 9.97 Å². The molecule has 80 valence electrons. The Morgan fingerprint density at radius 3 is 2.93 bits per heavy atom. The van der Waals surface area contributed by atoms with E-state index in [9.17, 15) is 10.2 Å². The molecule has 0 aliphatic rings. The second-order valence-corrected chi connectivity index (χ2v) is 3.38. The highest BCUT2D eigenvalue weighted by atomic mass is 16.4. The molecular formula is C10H12N2O3. The monoisotopic (exact) mass is 208 g/mol. The maximum Gasteiger partial charge on any atom is 0.137 e. The van der Waals surface area contributed by atoms with E-state index in [1.807, 2.05) is 6.07 Å². The highest BCUT2D eigenvalue weighted by Crippen LogP contribution is 2.19. The molecule has 5 nitrogen and oxygen atoms in total. The number of nitrogens with one attached hydrogen (secondary N) is 1. The van der Waals surface area contributed by atoms with Crippen LogP contribution in [0.1, 0.15) is 11.7 Å². The summed E-state index contributed by atoms with van der Waals surface area (Å²) in [7, 11) is 0. The van der Waals surface area contributed by atoms with Crippen LogP contribution in [0.2, 0.25) is 0 Å². The maximum absolute atomic E-state index is 9.63. The molecule has 2 heterocycles. The number of aromatic nitrogens is 2. The number of H-pyrrole nitrogens is 1. The first-order valence-corrected chi connectivity index (χ1v) is 4.62. The summed E-state index contributed by atoms with van der Waals surface area (Å²) < 4.78 is 0. The molecule has 0 spiro atoms. The maximum atomic E-state index is 9.63. The van der Waals surface area contributed by atoms with Crippen LogP contribution in [0.5, 0.6) is 0 Å². The van der Waals surface area contributed by atoms with E-state index in [0.717, 1.165) is 11.0 Å². The first-order chi connectivity index (χ1) is 7.22. The lowest BCUT2D eigenvalue weighted by Gasteiger charge is -2.15. The van der Waals surface area contributed by atoms with E-state index >= 15 is 0 Å². The van der Waals surface area contributed by atoms with Crippen LogP contribution in [-0.4, -0.2) is 38.0 Å². The van der Waals surface area contributed by atoms with Crippen LogP contribution in [0.25, 0.3) is 11.0 Å². The second-order valence-electron chi connectivity index (χ2n) is 3.38. The molecule has 0 aliphatic carbocycles. The van der Waals surface area contributed by atoms with E-state index in [-0.39, 0.29) is 0 Å². The van der Waals surface area contributed by atoms with Gasteiger partial charge in [0.1, 0.15) is 17.9 Å². The number of nitrogens with zero attached hydrogens (tertiary/aromatic N) is 1. The summed E-state index contributed by atoms with van der Waals surface area (Å²) in [6.07, 6.45) is 0.934. The zero-order valence-corrected chi connectivity index (χ0v) is 7.96. The van der Waals surface area contributed by atoms with Crippen molar-refractivity contribution in [2.24, 2.45) is 0 Å². The van der Waals surface area contributed by atoms with E-state index < -0.39 is 18.8 Å². The van der Waals surface area contributed by atoms with Gasteiger partial charge in [0.25, 0.3) is 0 Å². The molecule has 0 aliphatic heterocycles. The Labute approximate surface area is 86.0 Å². The van der Waals surface area contributed by atoms with Crippen LogP contribution in [0.15, 0.2) is 24.5 Å². The van der Waals surface area contributed by atoms with E-state index in [0.29, 0.717) is 5.56 Å². The van der Waals surface area contributed by atoms with Gasteiger partial charge in [-0.1, -0.05) is 0 Å². The standard InChI is InChI=1S/C10H12N2O3/c13-5-8(14)9(15)7-3-6-1-2-11-10(6)12-4-7/h1-4,8-9,13-15H,5H2,(H,11,12). The van der Waals surface area contributed by atoms with Crippen LogP contribution in [-0.2, 0) is 0 Å². The lowest BCUT2D eigenvalue weighted by molar-refractivity contribution is -0.0153. The number of hydrogen-bond acceptors (Lipinski definition) is 4. The Balaban J connectivity index is 2.35. The molecule has 0 aromatic carbocycles. The summed E-state index contributed by atoms with van der Waals surface area (Å²) in [5, 5.41) is 28.5. The second kappa shape index (κ2) is 3.98. The molecule has 2 rings (SSSR count). The van der Waals surface area contributed by atoms with Crippen molar-refractivity contribution in [3.63, 3.8) is 0 Å². The minimum atomic E-state index is -1.18. The molecule has 0 amide bonds. The van der Waals surface area contributed by atoms with Gasteiger partial charge in [0.05, 0.1) is 6.61 Å². The van der Waals surface area contributed by atoms with Crippen molar-refractivity contribution < 1.29 is 15.3 Å². The number of pyridine rings is 1. The number of rotatable bonds is 3. The first kappa shape index (κ1) is 10.1. The lowest BCUT2D eigenvalue weighted by atomic mass is 10.1. The number of aliphatic hydroxyl groups excluding tert-OH is 3. The van der Waals surface area contributed by atoms with Gasteiger partial charge in [-0.3, -0.25) is 0 Å². The molecule has 2 atom stereocenters. The summed E-state index contributed by atoms with van der Waals surface area (Å²) >= 11 is 0. The molecular weight excluding hydrogens is 196 g/mol. The van der Waals surface area contributed by atoms with E-state index in [1.54, 1.807) is 12.3 Å². The SMILES string of the molecule is OCC(O)C(O)c1cnc2[nH]ccc2c1. The van der Waals surface area contributed by atoms with Crippen LogP contribution < -0.4 is 0 Å². The first-order valence-electron chi connectivity index (χ1n) is 4.62. The van der Waals surface area contributed by atoms with Crippen molar-refractivity contribution in [1.82, 2.24) is 9.97 Å². The third kappa shape index (κ3) is 1.85. The fraction of sp³-hybridized carbons (Fsp3) is 0.300. The van der Waals surface area contributed by atoms with Crippen molar-refractivity contribution in [2.75, 3.05) is 6.61 Å². The normalized spacial score (nSPS) is 15.4. The summed E-state index contributed by atoms with van der Waals surface area (Å²) in [6, 6.07) is 3.55. The van der Waals surface area contributed by atoms with Gasteiger partial charge in [-0.2, -0.15) is 0 Å². The highest BCUT2D eigenvalue weighted by molar-refractivity contribution is 5.75. The van der Waals surface area contributed by atoms with Gasteiger partial charge in [0, 0.05) is 23.3 Å². The summed E-state index contributed by atoms with van der Waals surface area (Å²) in [5.74, 6) is 0. The molecule has 2 unspecified atom stereocenters. The Hall–Kier alpha value is -1.43. The van der Waals surface area contributed by atoms with Gasteiger partial charge in [-0.25, -0.2) is 4.98 Å². The summed E-state index contributed by atoms with van der Waals surface area (Å²) in [4.78, 5) is 6.99. The third-order valence-electron chi connectivity index (χ3n) is 2.31. The molecule has 15 heavy (non-hydrogen) atoms. The minimum Gasteiger partial charge on any atom is -0.394 e. The zero-order chi connectivity index (χ0) is 10.8. The quantitative estimate of drug-likeness (QED) is 0.569. The fourth-order valence-corrected chi connectivity index (χ4v) is 1.44. The average molecular weight is 208 g/mol. The van der Waals surface area contributed by atoms with Gasteiger partial charge in [0.2, 0.25) is 0 Å². The molecule has 0 saturated carbocycles. The average Bonchev–Trinajstić information content (AvgIpc) is 2.73. The van der Waals surface area contributed by atoms with Crippen molar-refractivity contribution in [1.29, 1.82) is 0 Å². The Morgan fingerprint density at radius 2 is 2.20 bits per heavy atom. The predicted molar refractivity (Wildman–Crippen MR) is 54.1 cm³/mol. The van der Waals surface area contributed by atoms with Crippen LogP contribution in [0, 0.1) is 0 Å². The number of fused-ring (bicyclic) bond motifs is 1. The minimum absolute atomic E-state index is 0.480. The molecule has 0 saturated heterocycles. The zero-order valence-electron chi connectivity index (χ0n) is 7.96. The van der Waals surface area contributed by atoms with Gasteiger partial charge in [-0.15, -0.1) is 0 Å². The Kier molecular flexibility index (Phi) is 2.68.